The summed E-state index contributed by atoms with van der Waals surface area (Å²) in [6.45, 7) is 1.77. The summed E-state index contributed by atoms with van der Waals surface area (Å²) >= 11 is 5.63. The number of nitrogens with two attached hydrogens (primary N) is 1. The summed E-state index contributed by atoms with van der Waals surface area (Å²) in [6, 6.07) is 6.61. The molecule has 0 spiro atoms. The molecule has 3 nitrogen and oxygen atoms in total. The van der Waals surface area contributed by atoms with Crippen LogP contribution < -0.4 is 11.1 Å². The van der Waals surface area contributed by atoms with Crippen molar-refractivity contribution < 1.29 is 13.2 Å². The number of anilines is 2. The van der Waals surface area contributed by atoms with E-state index >= 15 is 0 Å². The molecular formula is C14H13ClF3N3. The molecule has 1 aromatic heterocycles. The van der Waals surface area contributed by atoms with Gasteiger partial charge in [-0.2, -0.15) is 13.2 Å². The van der Waals surface area contributed by atoms with Crippen molar-refractivity contribution in [1.29, 1.82) is 0 Å². The Hall–Kier alpha value is -1.79. The minimum atomic E-state index is -4.49. The summed E-state index contributed by atoms with van der Waals surface area (Å²) in [4.78, 5) is 4.09. The molecule has 21 heavy (non-hydrogen) atoms. The van der Waals surface area contributed by atoms with Gasteiger partial charge in [0, 0.05) is 11.1 Å². The van der Waals surface area contributed by atoms with Gasteiger partial charge in [0.05, 0.1) is 28.8 Å². The van der Waals surface area contributed by atoms with E-state index in [1.54, 1.807) is 19.1 Å². The Morgan fingerprint density at radius 2 is 1.95 bits per heavy atom. The number of alkyl halides is 3. The topological polar surface area (TPSA) is 50.9 Å². The fourth-order valence-corrected chi connectivity index (χ4v) is 1.94. The number of nitrogens with one attached hydrogen (secondary N) is 1. The third-order valence-corrected chi connectivity index (χ3v) is 3.05. The predicted octanol–water partition coefficient (Wildman–Crippen LogP) is 4.52. The fraction of sp³-hybridized carbons (Fsp3) is 0.214. The second-order valence-electron chi connectivity index (χ2n) is 4.57. The zero-order valence-electron chi connectivity index (χ0n) is 11.1. The maximum absolute atomic E-state index is 13.0. The molecule has 0 aliphatic rings. The first kappa shape index (κ1) is 15.6. The number of pyridine rings is 1. The van der Waals surface area contributed by atoms with E-state index in [1.807, 2.05) is 0 Å². The van der Waals surface area contributed by atoms with Gasteiger partial charge in [0.25, 0.3) is 0 Å². The summed E-state index contributed by atoms with van der Waals surface area (Å²) in [5.41, 5.74) is 5.86. The first-order chi connectivity index (χ1) is 9.77. The zero-order valence-corrected chi connectivity index (χ0v) is 11.8. The molecule has 1 atom stereocenters. The maximum atomic E-state index is 13.0. The second-order valence-corrected chi connectivity index (χ2v) is 5.01. The Kier molecular flexibility index (Phi) is 4.39. The minimum absolute atomic E-state index is 0.0262. The fourth-order valence-electron chi connectivity index (χ4n) is 1.76. The molecular weight excluding hydrogens is 303 g/mol. The average Bonchev–Trinajstić information content (AvgIpc) is 2.40. The van der Waals surface area contributed by atoms with E-state index < -0.39 is 11.7 Å². The molecule has 1 unspecified atom stereocenters. The largest absolute Gasteiger partial charge is 0.418 e. The van der Waals surface area contributed by atoms with Crippen LogP contribution in [0.25, 0.3) is 0 Å². The summed E-state index contributed by atoms with van der Waals surface area (Å²) < 4.78 is 38.9. The molecule has 7 heteroatoms. The van der Waals surface area contributed by atoms with Crippen LogP contribution in [0, 0.1) is 0 Å². The van der Waals surface area contributed by atoms with Crippen LogP contribution in [0.4, 0.5) is 24.5 Å². The third kappa shape index (κ3) is 3.86. The van der Waals surface area contributed by atoms with Crippen LogP contribution in [0.5, 0.6) is 0 Å². The normalized spacial score (nSPS) is 13.0. The van der Waals surface area contributed by atoms with Gasteiger partial charge in [0.1, 0.15) is 0 Å². The Balaban J connectivity index is 2.31. The summed E-state index contributed by atoms with van der Waals surface area (Å²) in [7, 11) is 0. The van der Waals surface area contributed by atoms with Gasteiger partial charge in [-0.05, 0) is 37.3 Å². The molecule has 0 amide bonds. The molecule has 0 saturated heterocycles. The minimum Gasteiger partial charge on any atom is -0.354 e. The van der Waals surface area contributed by atoms with Gasteiger partial charge in [-0.1, -0.05) is 11.6 Å². The van der Waals surface area contributed by atoms with Crippen LogP contribution in [0.1, 0.15) is 24.2 Å². The van der Waals surface area contributed by atoms with Gasteiger partial charge in [-0.25, -0.2) is 0 Å². The first-order valence-electron chi connectivity index (χ1n) is 6.12. The van der Waals surface area contributed by atoms with E-state index in [4.69, 9.17) is 17.3 Å². The first-order valence-corrected chi connectivity index (χ1v) is 6.50. The molecule has 0 saturated carbocycles. The number of halogens is 4. The third-order valence-electron chi connectivity index (χ3n) is 2.82. The number of nitrogens with zero attached hydrogens (tertiary/aromatic N) is 1. The molecule has 1 aromatic carbocycles. The van der Waals surface area contributed by atoms with Crippen LogP contribution in [-0.4, -0.2) is 4.98 Å². The molecule has 2 rings (SSSR count). The highest BCUT2D eigenvalue weighted by molar-refractivity contribution is 6.30. The molecule has 0 aliphatic heterocycles. The highest BCUT2D eigenvalue weighted by Gasteiger charge is 2.33. The van der Waals surface area contributed by atoms with Crippen molar-refractivity contribution in [1.82, 2.24) is 4.98 Å². The monoisotopic (exact) mass is 315 g/mol. The summed E-state index contributed by atoms with van der Waals surface area (Å²) in [5, 5.41) is 2.72. The number of hydrogen-bond donors (Lipinski definition) is 2. The Morgan fingerprint density at radius 3 is 2.48 bits per heavy atom. The summed E-state index contributed by atoms with van der Waals surface area (Å²) in [5.74, 6) is 0. The molecule has 0 fully saturated rings. The number of aromatic nitrogens is 1. The van der Waals surface area contributed by atoms with Crippen LogP contribution >= 0.6 is 11.6 Å². The van der Waals surface area contributed by atoms with Crippen molar-refractivity contribution in [3.63, 3.8) is 0 Å². The van der Waals surface area contributed by atoms with Crippen molar-refractivity contribution in [3.05, 3.63) is 52.8 Å². The van der Waals surface area contributed by atoms with Gasteiger partial charge in [-0.3, -0.25) is 4.98 Å². The Labute approximate surface area is 124 Å². The maximum Gasteiger partial charge on any atom is 0.418 e. The van der Waals surface area contributed by atoms with Crippen molar-refractivity contribution in [2.75, 3.05) is 5.32 Å². The van der Waals surface area contributed by atoms with Crippen LogP contribution in [0.15, 0.2) is 36.5 Å². The zero-order chi connectivity index (χ0) is 15.6. The molecule has 0 radical (unpaired) electrons. The Bertz CT molecular complexity index is 624. The van der Waals surface area contributed by atoms with Crippen LogP contribution in [-0.2, 0) is 6.18 Å². The van der Waals surface area contributed by atoms with E-state index in [1.165, 1.54) is 18.3 Å². The summed E-state index contributed by atoms with van der Waals surface area (Å²) in [6.07, 6.45) is -3.06. The molecule has 0 aliphatic carbocycles. The lowest BCUT2D eigenvalue weighted by molar-refractivity contribution is -0.136. The number of benzene rings is 1. The second kappa shape index (κ2) is 5.91. The highest BCUT2D eigenvalue weighted by Crippen LogP contribution is 2.37. The lowest BCUT2D eigenvalue weighted by atomic mass is 10.1. The van der Waals surface area contributed by atoms with E-state index in [2.05, 4.69) is 10.3 Å². The van der Waals surface area contributed by atoms with Gasteiger partial charge < -0.3 is 11.1 Å². The van der Waals surface area contributed by atoms with E-state index in [9.17, 15) is 13.2 Å². The van der Waals surface area contributed by atoms with Crippen molar-refractivity contribution in [2.24, 2.45) is 5.73 Å². The molecule has 1 heterocycles. The van der Waals surface area contributed by atoms with Crippen LogP contribution in [0.2, 0.25) is 5.02 Å². The van der Waals surface area contributed by atoms with Crippen LogP contribution in [0.3, 0.4) is 0 Å². The predicted molar refractivity (Wildman–Crippen MR) is 76.6 cm³/mol. The lowest BCUT2D eigenvalue weighted by Gasteiger charge is -2.15. The van der Waals surface area contributed by atoms with Crippen molar-refractivity contribution >= 4 is 23.0 Å². The van der Waals surface area contributed by atoms with Crippen molar-refractivity contribution in [2.45, 2.75) is 19.1 Å². The van der Waals surface area contributed by atoms with E-state index in [0.717, 1.165) is 6.07 Å². The van der Waals surface area contributed by atoms with E-state index in [0.29, 0.717) is 11.4 Å². The smallest absolute Gasteiger partial charge is 0.354 e. The molecule has 0 bridgehead atoms. The number of rotatable bonds is 3. The van der Waals surface area contributed by atoms with Gasteiger partial charge >= 0.3 is 6.18 Å². The lowest BCUT2D eigenvalue weighted by Crippen LogP contribution is -2.09. The molecule has 112 valence electrons. The number of hydrogen-bond acceptors (Lipinski definition) is 3. The van der Waals surface area contributed by atoms with E-state index in [-0.39, 0.29) is 16.8 Å². The van der Waals surface area contributed by atoms with Gasteiger partial charge in [-0.15, -0.1) is 0 Å². The van der Waals surface area contributed by atoms with Gasteiger partial charge in [0.15, 0.2) is 0 Å². The van der Waals surface area contributed by atoms with Gasteiger partial charge in [0.2, 0.25) is 0 Å². The molecule has 2 aromatic rings. The van der Waals surface area contributed by atoms with Crippen molar-refractivity contribution in [3.8, 4) is 0 Å². The Morgan fingerprint density at radius 1 is 1.24 bits per heavy atom. The SMILES string of the molecule is CC(N)c1ccc(Nc2ccc(Cl)cc2C(F)(F)F)cn1. The average molecular weight is 316 g/mol. The molecule has 3 N–H and O–H groups in total. The standard InChI is InChI=1S/C14H13ClF3N3/c1-8(19)12-5-3-10(7-20-12)21-13-4-2-9(15)6-11(13)14(16,17)18/h2-8,21H,19H2,1H3. The highest BCUT2D eigenvalue weighted by atomic mass is 35.5. The quantitative estimate of drug-likeness (QED) is 0.875.